The van der Waals surface area contributed by atoms with Gasteiger partial charge in [0.05, 0.1) is 12.7 Å². The molecule has 0 saturated heterocycles. The first-order valence-electron chi connectivity index (χ1n) is 6.70. The number of ether oxygens (including phenoxy) is 1. The van der Waals surface area contributed by atoms with E-state index >= 15 is 0 Å². The van der Waals surface area contributed by atoms with Crippen LogP contribution in [0.25, 0.3) is 0 Å². The van der Waals surface area contributed by atoms with Gasteiger partial charge in [-0.1, -0.05) is 24.3 Å². The van der Waals surface area contributed by atoms with Crippen LogP contribution in [0.15, 0.2) is 42.5 Å². The Morgan fingerprint density at radius 3 is 2.62 bits per heavy atom. The lowest BCUT2D eigenvalue weighted by atomic mass is 10.1. The van der Waals surface area contributed by atoms with Crippen molar-refractivity contribution in [3.63, 3.8) is 0 Å². The first kappa shape index (κ1) is 14.9. The number of aryl methyl sites for hydroxylation is 1. The van der Waals surface area contributed by atoms with Crippen LogP contribution in [-0.4, -0.2) is 30.1 Å². The number of amides is 1. The zero-order valence-corrected chi connectivity index (χ0v) is 12.5. The molecule has 2 aromatic rings. The Morgan fingerprint density at radius 2 is 1.95 bits per heavy atom. The van der Waals surface area contributed by atoms with Crippen LogP contribution in [0, 0.1) is 6.92 Å². The highest BCUT2D eigenvalue weighted by molar-refractivity contribution is 5.97. The number of rotatable bonds is 4. The fourth-order valence-electron chi connectivity index (χ4n) is 2.13. The third-order valence-electron chi connectivity index (χ3n) is 3.45. The number of benzene rings is 2. The average molecular weight is 285 g/mol. The van der Waals surface area contributed by atoms with Crippen LogP contribution in [0.5, 0.6) is 11.5 Å². The van der Waals surface area contributed by atoms with Gasteiger partial charge in [-0.15, -0.1) is 0 Å². The molecule has 0 aliphatic rings. The third kappa shape index (κ3) is 3.34. The molecule has 4 heteroatoms. The Morgan fingerprint density at radius 1 is 1.24 bits per heavy atom. The molecule has 0 heterocycles. The van der Waals surface area contributed by atoms with E-state index in [1.807, 2.05) is 31.2 Å². The summed E-state index contributed by atoms with van der Waals surface area (Å²) in [6.07, 6.45) is 0. The van der Waals surface area contributed by atoms with Gasteiger partial charge in [-0.3, -0.25) is 4.79 Å². The van der Waals surface area contributed by atoms with Gasteiger partial charge in [0, 0.05) is 13.6 Å². The Balaban J connectivity index is 2.22. The van der Waals surface area contributed by atoms with Gasteiger partial charge in [0.15, 0.2) is 0 Å². The van der Waals surface area contributed by atoms with Gasteiger partial charge < -0.3 is 14.7 Å². The van der Waals surface area contributed by atoms with E-state index in [1.165, 1.54) is 13.2 Å². The smallest absolute Gasteiger partial charge is 0.257 e. The fourth-order valence-corrected chi connectivity index (χ4v) is 2.13. The predicted octanol–water partition coefficient (Wildman–Crippen LogP) is 2.98. The minimum atomic E-state index is -0.241. The molecule has 110 valence electrons. The lowest BCUT2D eigenvalue weighted by molar-refractivity contribution is 0.0781. The second kappa shape index (κ2) is 6.31. The first-order valence-corrected chi connectivity index (χ1v) is 6.70. The summed E-state index contributed by atoms with van der Waals surface area (Å²) in [7, 11) is 3.24. The predicted molar refractivity (Wildman–Crippen MR) is 81.6 cm³/mol. The fraction of sp³-hybridized carbons (Fsp3) is 0.235. The SMILES string of the molecule is COc1ccc(O)c(C(=O)N(C)Cc2ccccc2C)c1. The van der Waals surface area contributed by atoms with E-state index in [9.17, 15) is 9.90 Å². The molecule has 2 aromatic carbocycles. The highest BCUT2D eigenvalue weighted by Crippen LogP contribution is 2.24. The van der Waals surface area contributed by atoms with Crippen LogP contribution in [0.1, 0.15) is 21.5 Å². The molecule has 0 bridgehead atoms. The van der Waals surface area contributed by atoms with E-state index in [4.69, 9.17) is 4.74 Å². The molecule has 0 saturated carbocycles. The van der Waals surface area contributed by atoms with Gasteiger partial charge in [-0.25, -0.2) is 0 Å². The molecule has 0 radical (unpaired) electrons. The highest BCUT2D eigenvalue weighted by Gasteiger charge is 2.17. The second-order valence-electron chi connectivity index (χ2n) is 4.97. The van der Waals surface area contributed by atoms with Crippen LogP contribution >= 0.6 is 0 Å². The zero-order chi connectivity index (χ0) is 15.4. The molecule has 0 spiro atoms. The van der Waals surface area contributed by atoms with E-state index in [2.05, 4.69) is 0 Å². The number of methoxy groups -OCH3 is 1. The quantitative estimate of drug-likeness (QED) is 0.939. The van der Waals surface area contributed by atoms with Crippen LogP contribution in [0.4, 0.5) is 0 Å². The lowest BCUT2D eigenvalue weighted by Crippen LogP contribution is -2.26. The molecule has 0 aliphatic heterocycles. The van der Waals surface area contributed by atoms with Gasteiger partial charge in [-0.2, -0.15) is 0 Å². The maximum Gasteiger partial charge on any atom is 0.257 e. The van der Waals surface area contributed by atoms with Crippen molar-refractivity contribution >= 4 is 5.91 Å². The summed E-state index contributed by atoms with van der Waals surface area (Å²) in [5.41, 5.74) is 2.45. The maximum atomic E-state index is 12.5. The molecule has 0 fully saturated rings. The van der Waals surface area contributed by atoms with Gasteiger partial charge >= 0.3 is 0 Å². The maximum absolute atomic E-state index is 12.5. The molecule has 1 amide bonds. The zero-order valence-electron chi connectivity index (χ0n) is 12.5. The Kier molecular flexibility index (Phi) is 4.48. The monoisotopic (exact) mass is 285 g/mol. The number of carbonyl (C=O) groups is 1. The van der Waals surface area contributed by atoms with Crippen molar-refractivity contribution in [2.24, 2.45) is 0 Å². The third-order valence-corrected chi connectivity index (χ3v) is 3.45. The molecule has 2 rings (SSSR count). The summed E-state index contributed by atoms with van der Waals surface area (Å²) in [6, 6.07) is 12.5. The number of hydrogen-bond donors (Lipinski definition) is 1. The minimum absolute atomic E-state index is 0.0440. The van der Waals surface area contributed by atoms with Gasteiger partial charge in [0.25, 0.3) is 5.91 Å². The van der Waals surface area contributed by atoms with Crippen molar-refractivity contribution in [1.82, 2.24) is 4.90 Å². The number of carbonyl (C=O) groups excluding carboxylic acids is 1. The van der Waals surface area contributed by atoms with E-state index in [0.717, 1.165) is 11.1 Å². The van der Waals surface area contributed by atoms with Crippen LogP contribution in [0.2, 0.25) is 0 Å². The van der Waals surface area contributed by atoms with E-state index in [1.54, 1.807) is 24.1 Å². The number of aromatic hydroxyl groups is 1. The number of phenols is 1. The highest BCUT2D eigenvalue weighted by atomic mass is 16.5. The molecule has 0 aliphatic carbocycles. The van der Waals surface area contributed by atoms with Crippen molar-refractivity contribution in [3.8, 4) is 11.5 Å². The lowest BCUT2D eigenvalue weighted by Gasteiger charge is -2.19. The van der Waals surface area contributed by atoms with Crippen molar-refractivity contribution in [2.75, 3.05) is 14.2 Å². The van der Waals surface area contributed by atoms with Crippen molar-refractivity contribution in [3.05, 3.63) is 59.2 Å². The molecule has 0 atom stereocenters. The second-order valence-corrected chi connectivity index (χ2v) is 4.97. The summed E-state index contributed by atoms with van der Waals surface area (Å²) in [4.78, 5) is 14.0. The Labute approximate surface area is 124 Å². The largest absolute Gasteiger partial charge is 0.507 e. The molecule has 21 heavy (non-hydrogen) atoms. The van der Waals surface area contributed by atoms with Crippen LogP contribution in [0.3, 0.4) is 0 Å². The number of nitrogens with zero attached hydrogens (tertiary/aromatic N) is 1. The molecule has 0 aromatic heterocycles. The minimum Gasteiger partial charge on any atom is -0.507 e. The molecule has 1 N–H and O–H groups in total. The number of phenolic OH excluding ortho intramolecular Hbond substituents is 1. The van der Waals surface area contributed by atoms with Crippen molar-refractivity contribution in [1.29, 1.82) is 0 Å². The van der Waals surface area contributed by atoms with Crippen molar-refractivity contribution < 1.29 is 14.6 Å². The van der Waals surface area contributed by atoms with Gasteiger partial charge in [0.1, 0.15) is 11.5 Å². The van der Waals surface area contributed by atoms with E-state index in [-0.39, 0.29) is 17.2 Å². The summed E-state index contributed by atoms with van der Waals surface area (Å²) in [6.45, 7) is 2.50. The summed E-state index contributed by atoms with van der Waals surface area (Å²) in [5, 5.41) is 9.87. The van der Waals surface area contributed by atoms with E-state index in [0.29, 0.717) is 12.3 Å². The Hall–Kier alpha value is -2.49. The van der Waals surface area contributed by atoms with Crippen molar-refractivity contribution in [2.45, 2.75) is 13.5 Å². The topological polar surface area (TPSA) is 49.8 Å². The molecular formula is C17H19NO3. The van der Waals surface area contributed by atoms with Crippen LogP contribution < -0.4 is 4.74 Å². The number of hydrogen-bond acceptors (Lipinski definition) is 3. The van der Waals surface area contributed by atoms with Crippen LogP contribution in [-0.2, 0) is 6.54 Å². The molecule has 0 unspecified atom stereocenters. The van der Waals surface area contributed by atoms with Gasteiger partial charge in [0.2, 0.25) is 0 Å². The summed E-state index contributed by atoms with van der Waals surface area (Å²) < 4.78 is 5.10. The molecular weight excluding hydrogens is 266 g/mol. The first-order chi connectivity index (χ1) is 10.0. The standard InChI is InChI=1S/C17H19NO3/c1-12-6-4-5-7-13(12)11-18(2)17(20)15-10-14(21-3)8-9-16(15)19/h4-10,19H,11H2,1-3H3. The normalized spacial score (nSPS) is 10.2. The average Bonchev–Trinajstić information content (AvgIpc) is 2.49. The van der Waals surface area contributed by atoms with E-state index < -0.39 is 0 Å². The molecule has 4 nitrogen and oxygen atoms in total. The van der Waals surface area contributed by atoms with Gasteiger partial charge in [-0.05, 0) is 36.2 Å². The summed E-state index contributed by atoms with van der Waals surface area (Å²) in [5.74, 6) is 0.257. The Bertz CT molecular complexity index is 652. The summed E-state index contributed by atoms with van der Waals surface area (Å²) >= 11 is 0.